The van der Waals surface area contributed by atoms with E-state index in [4.69, 9.17) is 9.83 Å². The molecule has 4 rings (SSSR count). The van der Waals surface area contributed by atoms with Crippen molar-refractivity contribution in [2.45, 2.75) is 5.92 Å². The van der Waals surface area contributed by atoms with Crippen LogP contribution >= 0.6 is 23.1 Å². The summed E-state index contributed by atoms with van der Waals surface area (Å²) in [6, 6.07) is 9.49. The Balaban J connectivity index is 1.58. The number of thioether (sulfide) groups is 1. The Bertz CT molecular complexity index is 1070. The molecule has 134 valence electrons. The lowest BCUT2D eigenvalue weighted by molar-refractivity contribution is -0.384. The van der Waals surface area contributed by atoms with E-state index in [9.17, 15) is 14.9 Å². The number of nitro benzene ring substituents is 1. The Morgan fingerprint density at radius 3 is 2.67 bits per heavy atom. The topological polar surface area (TPSA) is 110 Å². The number of benzene rings is 1. The van der Waals surface area contributed by atoms with Gasteiger partial charge < -0.3 is 4.42 Å². The van der Waals surface area contributed by atoms with E-state index >= 15 is 0 Å². The highest BCUT2D eigenvalue weighted by Gasteiger charge is 2.38. The van der Waals surface area contributed by atoms with Gasteiger partial charge in [0.25, 0.3) is 5.69 Å². The van der Waals surface area contributed by atoms with Gasteiger partial charge in [0, 0.05) is 29.3 Å². The van der Waals surface area contributed by atoms with Crippen molar-refractivity contribution in [2.75, 3.05) is 0 Å². The summed E-state index contributed by atoms with van der Waals surface area (Å²) >= 11 is 2.47. The van der Waals surface area contributed by atoms with E-state index in [1.807, 2.05) is 0 Å². The van der Waals surface area contributed by atoms with E-state index < -0.39 is 10.8 Å². The molecule has 3 heterocycles. The number of hydrogen-bond donors (Lipinski definition) is 1. The smallest absolute Gasteiger partial charge is 0.269 e. The van der Waals surface area contributed by atoms with Crippen molar-refractivity contribution in [3.63, 3.8) is 0 Å². The number of nitrogens with zero attached hydrogens (tertiary/aromatic N) is 2. The summed E-state index contributed by atoms with van der Waals surface area (Å²) in [4.78, 5) is 27.5. The maximum Gasteiger partial charge on any atom is 0.269 e. The summed E-state index contributed by atoms with van der Waals surface area (Å²) in [5.41, 5.74) is 0.705. The number of nitrogens with one attached hydrogen (secondary N) is 1. The molecule has 1 saturated heterocycles. The van der Waals surface area contributed by atoms with Gasteiger partial charge in [-0.25, -0.2) is 4.98 Å². The second kappa shape index (κ2) is 6.93. The Labute approximate surface area is 161 Å². The van der Waals surface area contributed by atoms with Crippen LogP contribution in [0, 0.1) is 15.5 Å². The number of rotatable bonds is 4. The predicted molar refractivity (Wildman–Crippen MR) is 104 cm³/mol. The van der Waals surface area contributed by atoms with Crippen molar-refractivity contribution < 1.29 is 14.1 Å². The van der Waals surface area contributed by atoms with Gasteiger partial charge in [-0.05, 0) is 30.3 Å². The summed E-state index contributed by atoms with van der Waals surface area (Å²) in [5, 5.41) is 21.5. The fourth-order valence-corrected chi connectivity index (χ4v) is 4.44. The van der Waals surface area contributed by atoms with E-state index in [1.54, 1.807) is 41.9 Å². The lowest BCUT2D eigenvalue weighted by Gasteiger charge is -2.01. The molecule has 1 aliphatic heterocycles. The molecule has 0 radical (unpaired) electrons. The monoisotopic (exact) mass is 397 g/mol. The first-order chi connectivity index (χ1) is 13.0. The van der Waals surface area contributed by atoms with Crippen LogP contribution in [0.5, 0.6) is 0 Å². The number of Topliss-reactive ketones (excluding diaryl/α,β-unsaturated/α-hetero) is 1. The number of furan rings is 1. The summed E-state index contributed by atoms with van der Waals surface area (Å²) in [7, 11) is 0. The molecule has 3 aromatic rings. The standard InChI is InChI=1S/C18H11N3O4S2/c19-17-15(18-20-7-8-26-18)16(22)14(27-17)9-12-5-6-13(25-12)10-1-3-11(4-2-10)21(23)24/h1-9,15,19H. The van der Waals surface area contributed by atoms with Gasteiger partial charge in [-0.3, -0.25) is 20.3 Å². The van der Waals surface area contributed by atoms with Crippen LogP contribution in [0.2, 0.25) is 0 Å². The highest BCUT2D eigenvalue weighted by atomic mass is 32.2. The summed E-state index contributed by atoms with van der Waals surface area (Å²) in [6.07, 6.45) is 3.24. The third-order valence-corrected chi connectivity index (χ3v) is 5.78. The number of hydrogen-bond acceptors (Lipinski definition) is 8. The number of carbonyl (C=O) groups is 1. The highest BCUT2D eigenvalue weighted by Crippen LogP contribution is 2.41. The van der Waals surface area contributed by atoms with Crippen molar-refractivity contribution in [3.8, 4) is 11.3 Å². The summed E-state index contributed by atoms with van der Waals surface area (Å²) in [5.74, 6) is 0.226. The van der Waals surface area contributed by atoms with Crippen LogP contribution in [0.4, 0.5) is 5.69 Å². The molecule has 1 aromatic carbocycles. The first kappa shape index (κ1) is 17.4. The Morgan fingerprint density at radius 2 is 2.00 bits per heavy atom. The van der Waals surface area contributed by atoms with Gasteiger partial charge >= 0.3 is 0 Å². The second-order valence-electron chi connectivity index (χ2n) is 5.65. The first-order valence-corrected chi connectivity index (χ1v) is 9.49. The molecule has 1 unspecified atom stereocenters. The molecular weight excluding hydrogens is 386 g/mol. The number of ketones is 1. The highest BCUT2D eigenvalue weighted by molar-refractivity contribution is 8.19. The minimum Gasteiger partial charge on any atom is -0.457 e. The van der Waals surface area contributed by atoms with Crippen molar-refractivity contribution in [1.82, 2.24) is 4.98 Å². The molecule has 0 saturated carbocycles. The molecule has 0 amide bonds. The first-order valence-electron chi connectivity index (χ1n) is 7.79. The summed E-state index contributed by atoms with van der Waals surface area (Å²) in [6.45, 7) is 0. The van der Waals surface area contributed by atoms with Crippen LogP contribution < -0.4 is 0 Å². The third kappa shape index (κ3) is 3.34. The number of nitro groups is 1. The SMILES string of the molecule is N=C1SC(=Cc2ccc(-c3ccc([N+](=O)[O-])cc3)o2)C(=O)C1c1nccs1. The molecule has 7 nitrogen and oxygen atoms in total. The van der Waals surface area contributed by atoms with Crippen molar-refractivity contribution in [1.29, 1.82) is 5.41 Å². The zero-order valence-corrected chi connectivity index (χ0v) is 15.3. The molecular formula is C18H11N3O4S2. The van der Waals surface area contributed by atoms with E-state index in [2.05, 4.69) is 4.98 Å². The van der Waals surface area contributed by atoms with Crippen molar-refractivity contribution in [3.05, 3.63) is 73.8 Å². The molecule has 1 atom stereocenters. The molecule has 1 aliphatic rings. The van der Waals surface area contributed by atoms with Crippen LogP contribution in [0.1, 0.15) is 16.7 Å². The van der Waals surface area contributed by atoms with Crippen molar-refractivity contribution >= 4 is 45.7 Å². The lowest BCUT2D eigenvalue weighted by Crippen LogP contribution is -2.11. The van der Waals surface area contributed by atoms with Crippen molar-refractivity contribution in [2.24, 2.45) is 0 Å². The quantitative estimate of drug-likeness (QED) is 0.387. The average molecular weight is 397 g/mol. The Kier molecular flexibility index (Phi) is 4.46. The van der Waals surface area contributed by atoms with Crippen LogP contribution in [0.25, 0.3) is 17.4 Å². The van der Waals surface area contributed by atoms with Crippen LogP contribution in [0.15, 0.2) is 57.3 Å². The van der Waals surface area contributed by atoms with Gasteiger partial charge in [-0.15, -0.1) is 11.3 Å². The maximum absolute atomic E-state index is 12.6. The summed E-state index contributed by atoms with van der Waals surface area (Å²) < 4.78 is 5.75. The minimum absolute atomic E-state index is 0.00680. The zero-order chi connectivity index (χ0) is 19.0. The molecule has 2 aromatic heterocycles. The average Bonchev–Trinajstić information content (AvgIpc) is 3.38. The van der Waals surface area contributed by atoms with Gasteiger partial charge in [-0.1, -0.05) is 11.8 Å². The van der Waals surface area contributed by atoms with Gasteiger partial charge in [0.2, 0.25) is 0 Å². The predicted octanol–water partition coefficient (Wildman–Crippen LogP) is 4.73. The molecule has 1 N–H and O–H groups in total. The van der Waals surface area contributed by atoms with E-state index in [1.165, 1.54) is 23.5 Å². The molecule has 27 heavy (non-hydrogen) atoms. The number of aromatic nitrogens is 1. The molecule has 9 heteroatoms. The second-order valence-corrected chi connectivity index (χ2v) is 7.66. The number of thiazole rings is 1. The van der Waals surface area contributed by atoms with Crippen LogP contribution in [-0.4, -0.2) is 20.7 Å². The van der Waals surface area contributed by atoms with Gasteiger partial charge in [0.1, 0.15) is 22.4 Å². The number of non-ortho nitro benzene ring substituents is 1. The minimum atomic E-state index is -0.634. The van der Waals surface area contributed by atoms with E-state index in [0.29, 0.717) is 27.0 Å². The van der Waals surface area contributed by atoms with Gasteiger partial charge in [-0.2, -0.15) is 0 Å². The maximum atomic E-state index is 12.6. The Hall–Kier alpha value is -3.04. The molecule has 0 bridgehead atoms. The number of carbonyl (C=O) groups excluding carboxylic acids is 1. The Morgan fingerprint density at radius 1 is 1.22 bits per heavy atom. The fraction of sp³-hybridized carbons (Fsp3) is 0.0556. The van der Waals surface area contributed by atoms with E-state index in [-0.39, 0.29) is 16.5 Å². The largest absolute Gasteiger partial charge is 0.457 e. The number of allylic oxidation sites excluding steroid dienone is 1. The lowest BCUT2D eigenvalue weighted by atomic mass is 10.1. The van der Waals surface area contributed by atoms with Crippen LogP contribution in [0.3, 0.4) is 0 Å². The van der Waals surface area contributed by atoms with Gasteiger partial charge in [0.05, 0.1) is 14.9 Å². The third-order valence-electron chi connectivity index (χ3n) is 3.95. The molecule has 0 spiro atoms. The normalized spacial score (nSPS) is 18.4. The zero-order valence-electron chi connectivity index (χ0n) is 13.6. The van der Waals surface area contributed by atoms with Gasteiger partial charge in [0.15, 0.2) is 5.78 Å². The fourth-order valence-electron chi connectivity index (χ4n) is 2.65. The van der Waals surface area contributed by atoms with E-state index in [0.717, 1.165) is 11.8 Å². The van der Waals surface area contributed by atoms with Crippen LogP contribution in [-0.2, 0) is 4.79 Å². The molecule has 1 fully saturated rings. The molecule has 0 aliphatic carbocycles.